The molecular formula is C10H15NO4S. The van der Waals surface area contributed by atoms with Crippen molar-refractivity contribution in [2.75, 3.05) is 12.8 Å². The first-order chi connectivity index (χ1) is 7.24. The van der Waals surface area contributed by atoms with Crippen molar-refractivity contribution < 1.29 is 17.6 Å². The largest absolute Gasteiger partial charge is 0.459 e. The average Bonchev–Trinajstić information content (AvgIpc) is 2.65. The molecule has 0 atom stereocenters. The van der Waals surface area contributed by atoms with E-state index in [0.717, 1.165) is 6.26 Å². The third-order valence-corrected chi connectivity index (χ3v) is 4.58. The molecular weight excluding hydrogens is 230 g/mol. The smallest absolute Gasteiger partial charge is 0.287 e. The molecule has 0 aliphatic rings. The number of hydrogen-bond donors (Lipinski definition) is 1. The molecule has 1 aromatic heterocycles. The molecule has 0 fully saturated rings. The summed E-state index contributed by atoms with van der Waals surface area (Å²) in [5.74, 6) is -0.244. The Morgan fingerprint density at radius 3 is 2.56 bits per heavy atom. The number of amides is 1. The van der Waals surface area contributed by atoms with Crippen molar-refractivity contribution in [3.63, 3.8) is 0 Å². The van der Waals surface area contributed by atoms with Gasteiger partial charge in [-0.25, -0.2) is 8.42 Å². The average molecular weight is 245 g/mol. The quantitative estimate of drug-likeness (QED) is 0.852. The maximum Gasteiger partial charge on any atom is 0.287 e. The van der Waals surface area contributed by atoms with Gasteiger partial charge in [0.05, 0.1) is 11.0 Å². The van der Waals surface area contributed by atoms with E-state index in [0.29, 0.717) is 0 Å². The Bertz CT molecular complexity index is 459. The highest BCUT2D eigenvalue weighted by molar-refractivity contribution is 7.92. The maximum atomic E-state index is 11.5. The molecule has 1 rings (SSSR count). The number of carbonyl (C=O) groups is 1. The zero-order valence-corrected chi connectivity index (χ0v) is 10.3. The summed E-state index contributed by atoms with van der Waals surface area (Å²) in [6.07, 6.45) is 2.53. The molecule has 1 amide bonds. The van der Waals surface area contributed by atoms with Crippen LogP contribution in [0.3, 0.4) is 0 Å². The fourth-order valence-electron chi connectivity index (χ4n) is 0.919. The van der Waals surface area contributed by atoms with Gasteiger partial charge in [-0.05, 0) is 26.0 Å². The van der Waals surface area contributed by atoms with Crippen molar-refractivity contribution >= 4 is 15.7 Å². The number of hydrogen-bond acceptors (Lipinski definition) is 4. The van der Waals surface area contributed by atoms with Gasteiger partial charge in [-0.2, -0.15) is 0 Å². The lowest BCUT2D eigenvalue weighted by Crippen LogP contribution is -2.43. The number of nitrogens with one attached hydrogen (secondary N) is 1. The van der Waals surface area contributed by atoms with Crippen LogP contribution in [0.5, 0.6) is 0 Å². The molecule has 0 aromatic carbocycles. The summed E-state index contributed by atoms with van der Waals surface area (Å²) in [6, 6.07) is 3.11. The predicted octanol–water partition coefficient (Wildman–Crippen LogP) is 0.833. The summed E-state index contributed by atoms with van der Waals surface area (Å²) in [5.41, 5.74) is 0. The molecule has 0 aliphatic carbocycles. The van der Waals surface area contributed by atoms with Crippen molar-refractivity contribution in [1.82, 2.24) is 5.32 Å². The Kier molecular flexibility index (Phi) is 3.42. The van der Waals surface area contributed by atoms with Crippen LogP contribution in [0.25, 0.3) is 0 Å². The minimum atomic E-state index is -3.21. The first kappa shape index (κ1) is 12.8. The minimum absolute atomic E-state index is 0.0470. The van der Waals surface area contributed by atoms with Crippen molar-refractivity contribution in [3.05, 3.63) is 24.2 Å². The minimum Gasteiger partial charge on any atom is -0.459 e. The monoisotopic (exact) mass is 245 g/mol. The van der Waals surface area contributed by atoms with E-state index in [2.05, 4.69) is 5.32 Å². The Balaban J connectivity index is 2.63. The van der Waals surface area contributed by atoms with Crippen molar-refractivity contribution in [2.24, 2.45) is 0 Å². The molecule has 0 aliphatic heterocycles. The highest BCUT2D eigenvalue weighted by atomic mass is 32.2. The van der Waals surface area contributed by atoms with Gasteiger partial charge in [0.2, 0.25) is 0 Å². The van der Waals surface area contributed by atoms with Gasteiger partial charge in [-0.1, -0.05) is 0 Å². The Morgan fingerprint density at radius 2 is 2.12 bits per heavy atom. The molecule has 6 heteroatoms. The molecule has 0 saturated heterocycles. The fourth-order valence-corrected chi connectivity index (χ4v) is 1.25. The van der Waals surface area contributed by atoms with E-state index < -0.39 is 20.5 Å². The van der Waals surface area contributed by atoms with Crippen LogP contribution in [0.4, 0.5) is 0 Å². The van der Waals surface area contributed by atoms with Crippen LogP contribution < -0.4 is 5.32 Å². The highest BCUT2D eigenvalue weighted by Crippen LogP contribution is 2.13. The molecule has 0 unspecified atom stereocenters. The second-order valence-corrected chi connectivity index (χ2v) is 6.84. The standard InChI is InChI=1S/C10H15NO4S/c1-10(2,16(3,13)14)7-11-9(12)8-5-4-6-15-8/h4-6H,7H2,1-3H3,(H,11,12). The van der Waals surface area contributed by atoms with E-state index in [9.17, 15) is 13.2 Å². The van der Waals surface area contributed by atoms with Gasteiger partial charge < -0.3 is 9.73 Å². The molecule has 16 heavy (non-hydrogen) atoms. The summed E-state index contributed by atoms with van der Waals surface area (Å²) >= 11 is 0. The summed E-state index contributed by atoms with van der Waals surface area (Å²) in [4.78, 5) is 11.5. The van der Waals surface area contributed by atoms with Crippen LogP contribution in [-0.2, 0) is 9.84 Å². The molecule has 1 heterocycles. The molecule has 0 saturated carbocycles. The third-order valence-electron chi connectivity index (χ3n) is 2.42. The Labute approximate surface area is 94.8 Å². The van der Waals surface area contributed by atoms with E-state index in [1.165, 1.54) is 12.3 Å². The van der Waals surface area contributed by atoms with E-state index in [1.807, 2.05) is 0 Å². The maximum absolute atomic E-state index is 11.5. The van der Waals surface area contributed by atoms with Crippen molar-refractivity contribution in [2.45, 2.75) is 18.6 Å². The molecule has 90 valence electrons. The lowest BCUT2D eigenvalue weighted by atomic mass is 10.2. The van der Waals surface area contributed by atoms with Crippen molar-refractivity contribution in [3.8, 4) is 0 Å². The third kappa shape index (κ3) is 2.85. The van der Waals surface area contributed by atoms with Crippen LogP contribution in [0, 0.1) is 0 Å². The van der Waals surface area contributed by atoms with E-state index in [-0.39, 0.29) is 12.3 Å². The Morgan fingerprint density at radius 1 is 1.50 bits per heavy atom. The van der Waals surface area contributed by atoms with Gasteiger partial charge in [0, 0.05) is 12.8 Å². The van der Waals surface area contributed by atoms with Crippen LogP contribution in [0.1, 0.15) is 24.4 Å². The second-order valence-electron chi connectivity index (χ2n) is 4.19. The molecule has 5 nitrogen and oxygen atoms in total. The summed E-state index contributed by atoms with van der Waals surface area (Å²) < 4.78 is 26.6. The van der Waals surface area contributed by atoms with Gasteiger partial charge in [0.15, 0.2) is 15.6 Å². The number of sulfone groups is 1. The first-order valence-electron chi connectivity index (χ1n) is 4.75. The van der Waals surface area contributed by atoms with Crippen LogP contribution in [0.2, 0.25) is 0 Å². The Hall–Kier alpha value is -1.30. The normalized spacial score (nSPS) is 12.4. The van der Waals surface area contributed by atoms with Crippen LogP contribution in [0.15, 0.2) is 22.8 Å². The zero-order valence-electron chi connectivity index (χ0n) is 9.48. The van der Waals surface area contributed by atoms with Crippen LogP contribution >= 0.6 is 0 Å². The lowest BCUT2D eigenvalue weighted by molar-refractivity contribution is 0.0923. The van der Waals surface area contributed by atoms with Gasteiger partial charge in [-0.15, -0.1) is 0 Å². The van der Waals surface area contributed by atoms with E-state index >= 15 is 0 Å². The molecule has 0 bridgehead atoms. The topological polar surface area (TPSA) is 76.4 Å². The lowest BCUT2D eigenvalue weighted by Gasteiger charge is -2.22. The fraction of sp³-hybridized carbons (Fsp3) is 0.500. The highest BCUT2D eigenvalue weighted by Gasteiger charge is 2.30. The van der Waals surface area contributed by atoms with Gasteiger partial charge in [0.25, 0.3) is 5.91 Å². The molecule has 1 N–H and O–H groups in total. The van der Waals surface area contributed by atoms with Gasteiger partial charge in [0.1, 0.15) is 0 Å². The van der Waals surface area contributed by atoms with E-state index in [4.69, 9.17) is 4.42 Å². The number of furan rings is 1. The summed E-state index contributed by atoms with van der Waals surface area (Å²) in [5, 5.41) is 2.52. The second kappa shape index (κ2) is 4.29. The number of carbonyl (C=O) groups excluding carboxylic acids is 1. The van der Waals surface area contributed by atoms with E-state index in [1.54, 1.807) is 19.9 Å². The summed E-state index contributed by atoms with van der Waals surface area (Å²) in [6.45, 7) is 3.17. The molecule has 0 spiro atoms. The van der Waals surface area contributed by atoms with Gasteiger partial charge in [-0.3, -0.25) is 4.79 Å². The van der Waals surface area contributed by atoms with Crippen LogP contribution in [-0.4, -0.2) is 31.9 Å². The summed E-state index contributed by atoms with van der Waals surface area (Å²) in [7, 11) is -3.21. The SMILES string of the molecule is CC(C)(CNC(=O)c1ccco1)S(C)(=O)=O. The van der Waals surface area contributed by atoms with Crippen molar-refractivity contribution in [1.29, 1.82) is 0 Å². The predicted molar refractivity (Wildman–Crippen MR) is 60.0 cm³/mol. The first-order valence-corrected chi connectivity index (χ1v) is 6.64. The molecule has 0 radical (unpaired) electrons. The molecule has 1 aromatic rings. The zero-order chi connectivity index (χ0) is 12.4. The number of rotatable bonds is 4. The van der Waals surface area contributed by atoms with Gasteiger partial charge >= 0.3 is 0 Å².